The van der Waals surface area contributed by atoms with Crippen molar-refractivity contribution >= 4 is 41.0 Å². The fraction of sp³-hybridized carbons (Fsp3) is 0.333. The fourth-order valence-corrected chi connectivity index (χ4v) is 8.56. The molecule has 148 valence electrons. The van der Waals surface area contributed by atoms with Crippen LogP contribution in [0.1, 0.15) is 41.5 Å². The van der Waals surface area contributed by atoms with Crippen molar-refractivity contribution in [3.63, 3.8) is 0 Å². The first-order valence-corrected chi connectivity index (χ1v) is 11.4. The van der Waals surface area contributed by atoms with Gasteiger partial charge >= 0.3 is 0 Å². The van der Waals surface area contributed by atoms with Gasteiger partial charge in [0.2, 0.25) is 0 Å². The number of fused-ring (bicyclic) bond motifs is 4. The zero-order chi connectivity index (χ0) is 20.9. The summed E-state index contributed by atoms with van der Waals surface area (Å²) in [5, 5.41) is 0. The number of amides is 2. The molecule has 2 atom stereocenters. The highest BCUT2D eigenvalue weighted by molar-refractivity contribution is 8.09. The van der Waals surface area contributed by atoms with Gasteiger partial charge in [-0.05, 0) is 85.8 Å². The molecule has 0 radical (unpaired) electrons. The molecular formula is C24H23NO2S2. The van der Waals surface area contributed by atoms with Crippen LogP contribution in [0, 0.1) is 0 Å². The summed E-state index contributed by atoms with van der Waals surface area (Å²) in [4.78, 5) is 31.3. The third-order valence-electron chi connectivity index (χ3n) is 6.98. The number of benzene rings is 1. The lowest BCUT2D eigenvalue weighted by atomic mass is 9.68. The summed E-state index contributed by atoms with van der Waals surface area (Å²) in [5.74, 6) is -0.382. The Balaban J connectivity index is 1.89. The van der Waals surface area contributed by atoms with Crippen LogP contribution in [0.25, 0.3) is 0 Å². The van der Waals surface area contributed by atoms with Gasteiger partial charge in [0, 0.05) is 0 Å². The molecule has 29 heavy (non-hydrogen) atoms. The molecule has 1 aliphatic carbocycles. The Morgan fingerprint density at radius 2 is 1.14 bits per heavy atom. The zero-order valence-corrected chi connectivity index (χ0v) is 19.1. The van der Waals surface area contributed by atoms with Crippen molar-refractivity contribution in [3.05, 3.63) is 73.6 Å². The van der Waals surface area contributed by atoms with Crippen molar-refractivity contribution in [2.75, 3.05) is 4.90 Å². The first-order valence-electron chi connectivity index (χ1n) is 9.81. The molecule has 0 bridgehead atoms. The van der Waals surface area contributed by atoms with Gasteiger partial charge in [0.05, 0.1) is 26.3 Å². The van der Waals surface area contributed by atoms with Crippen LogP contribution in [-0.4, -0.2) is 21.3 Å². The number of rotatable bonds is 1. The molecule has 2 unspecified atom stereocenters. The van der Waals surface area contributed by atoms with Crippen LogP contribution in [0.2, 0.25) is 0 Å². The second-order valence-electron chi connectivity index (χ2n) is 8.41. The van der Waals surface area contributed by atoms with Crippen molar-refractivity contribution in [2.45, 2.75) is 51.0 Å². The molecule has 3 nitrogen and oxygen atoms in total. The van der Waals surface area contributed by atoms with Gasteiger partial charge in [-0.15, -0.1) is 23.5 Å². The molecule has 0 spiro atoms. The van der Waals surface area contributed by atoms with E-state index in [0.717, 1.165) is 22.3 Å². The molecular weight excluding hydrogens is 398 g/mol. The number of imide groups is 1. The SMILES string of the molecule is CC1=C(C)C2=C3C(=O)N(c4ccccc4)C(=O)C3=C3C(C)=C(C)SC3(C)C2(C)S1. The molecule has 0 saturated carbocycles. The van der Waals surface area contributed by atoms with Gasteiger partial charge < -0.3 is 0 Å². The summed E-state index contributed by atoms with van der Waals surface area (Å²) >= 11 is 3.69. The summed E-state index contributed by atoms with van der Waals surface area (Å²) in [7, 11) is 0. The minimum absolute atomic E-state index is 0.191. The number of hydrogen-bond acceptors (Lipinski definition) is 4. The summed E-state index contributed by atoms with van der Waals surface area (Å²) in [6.45, 7) is 12.9. The van der Waals surface area contributed by atoms with Crippen LogP contribution in [0.5, 0.6) is 0 Å². The summed E-state index contributed by atoms with van der Waals surface area (Å²) in [6, 6.07) is 9.28. The van der Waals surface area contributed by atoms with E-state index in [-0.39, 0.29) is 21.3 Å². The van der Waals surface area contributed by atoms with E-state index in [1.165, 1.54) is 14.7 Å². The number of carbonyl (C=O) groups excluding carboxylic acids is 2. The van der Waals surface area contributed by atoms with E-state index in [4.69, 9.17) is 0 Å². The van der Waals surface area contributed by atoms with Gasteiger partial charge in [0.1, 0.15) is 0 Å². The lowest BCUT2D eigenvalue weighted by molar-refractivity contribution is -0.119. The van der Waals surface area contributed by atoms with Crippen molar-refractivity contribution in [3.8, 4) is 0 Å². The molecule has 1 aromatic carbocycles. The maximum absolute atomic E-state index is 13.7. The highest BCUT2D eigenvalue weighted by Crippen LogP contribution is 2.70. The smallest absolute Gasteiger partial charge is 0.266 e. The fourth-order valence-electron chi connectivity index (χ4n) is 5.26. The van der Waals surface area contributed by atoms with E-state index in [2.05, 4.69) is 41.5 Å². The Hall–Kier alpha value is -1.98. The van der Waals surface area contributed by atoms with Crippen LogP contribution < -0.4 is 4.90 Å². The van der Waals surface area contributed by atoms with Crippen LogP contribution in [0.15, 0.2) is 73.6 Å². The van der Waals surface area contributed by atoms with Crippen LogP contribution in [-0.2, 0) is 9.59 Å². The Morgan fingerprint density at radius 1 is 0.724 bits per heavy atom. The van der Waals surface area contributed by atoms with E-state index in [0.29, 0.717) is 16.8 Å². The van der Waals surface area contributed by atoms with Gasteiger partial charge in [-0.2, -0.15) is 0 Å². The Kier molecular flexibility index (Phi) is 3.80. The van der Waals surface area contributed by atoms with Crippen LogP contribution in [0.4, 0.5) is 5.69 Å². The first kappa shape index (κ1) is 19.0. The summed E-state index contributed by atoms with van der Waals surface area (Å²) in [5.41, 5.74) is 6.25. The lowest BCUT2D eigenvalue weighted by Crippen LogP contribution is -2.48. The molecule has 3 aliphatic heterocycles. The number of thioether (sulfide) groups is 2. The lowest BCUT2D eigenvalue weighted by Gasteiger charge is -2.46. The molecule has 2 amide bonds. The minimum Gasteiger partial charge on any atom is -0.268 e. The maximum atomic E-state index is 13.7. The zero-order valence-electron chi connectivity index (χ0n) is 17.5. The molecule has 3 heterocycles. The molecule has 5 rings (SSSR count). The topological polar surface area (TPSA) is 37.4 Å². The molecule has 0 aromatic heterocycles. The van der Waals surface area contributed by atoms with E-state index in [1.54, 1.807) is 0 Å². The average molecular weight is 422 g/mol. The van der Waals surface area contributed by atoms with Gasteiger partial charge in [-0.1, -0.05) is 18.2 Å². The number of para-hydroxylation sites is 1. The highest BCUT2D eigenvalue weighted by atomic mass is 32.2. The maximum Gasteiger partial charge on any atom is 0.266 e. The predicted octanol–water partition coefficient (Wildman–Crippen LogP) is 5.77. The normalized spacial score (nSPS) is 31.3. The van der Waals surface area contributed by atoms with Crippen LogP contribution in [0.3, 0.4) is 0 Å². The van der Waals surface area contributed by atoms with Crippen LogP contribution >= 0.6 is 23.5 Å². The third-order valence-corrected chi connectivity index (χ3v) is 10.4. The second-order valence-corrected chi connectivity index (χ2v) is 11.7. The summed E-state index contributed by atoms with van der Waals surface area (Å²) in [6.07, 6.45) is 0. The standard InChI is InChI=1S/C24H23NO2S2/c1-12-14(3)28-23(5)19(12)17-18(20-13(2)15(4)29-24(20,23)6)22(27)25(21(17)26)16-10-8-7-9-11-16/h7-11H,1-6H3. The van der Waals surface area contributed by atoms with E-state index >= 15 is 0 Å². The summed E-state index contributed by atoms with van der Waals surface area (Å²) < 4.78 is -0.580. The number of carbonyl (C=O) groups is 2. The molecule has 5 heteroatoms. The van der Waals surface area contributed by atoms with Gasteiger partial charge in [-0.25, -0.2) is 4.90 Å². The number of hydrogen-bond donors (Lipinski definition) is 0. The van der Waals surface area contributed by atoms with E-state index < -0.39 is 0 Å². The largest absolute Gasteiger partial charge is 0.268 e. The second kappa shape index (κ2) is 5.79. The van der Waals surface area contributed by atoms with Gasteiger partial charge in [0.15, 0.2) is 0 Å². The molecule has 0 N–H and O–H groups in total. The number of anilines is 1. The van der Waals surface area contributed by atoms with Crippen molar-refractivity contribution in [1.29, 1.82) is 0 Å². The van der Waals surface area contributed by atoms with E-state index in [9.17, 15) is 9.59 Å². The molecule has 4 aliphatic rings. The monoisotopic (exact) mass is 421 g/mol. The molecule has 1 fully saturated rings. The highest BCUT2D eigenvalue weighted by Gasteiger charge is 2.64. The predicted molar refractivity (Wildman–Crippen MR) is 122 cm³/mol. The Labute approximate surface area is 180 Å². The van der Waals surface area contributed by atoms with E-state index in [1.807, 2.05) is 53.9 Å². The van der Waals surface area contributed by atoms with Crippen molar-refractivity contribution < 1.29 is 9.59 Å². The Morgan fingerprint density at radius 3 is 1.55 bits per heavy atom. The minimum atomic E-state index is -0.290. The first-order chi connectivity index (χ1) is 13.6. The molecule has 1 saturated heterocycles. The van der Waals surface area contributed by atoms with Crippen molar-refractivity contribution in [2.24, 2.45) is 0 Å². The average Bonchev–Trinajstić information content (AvgIpc) is 3.16. The van der Waals surface area contributed by atoms with Gasteiger partial charge in [0.25, 0.3) is 11.8 Å². The quantitative estimate of drug-likeness (QED) is 0.540. The molecule has 1 aromatic rings. The Bertz CT molecular complexity index is 1080. The van der Waals surface area contributed by atoms with Crippen molar-refractivity contribution in [1.82, 2.24) is 0 Å². The third kappa shape index (κ3) is 2.08. The number of nitrogens with zero attached hydrogens (tertiary/aromatic N) is 1. The van der Waals surface area contributed by atoms with Gasteiger partial charge in [-0.3, -0.25) is 9.59 Å². The number of allylic oxidation sites excluding steroid dienone is 4.